The molecule has 0 radical (unpaired) electrons. The van der Waals surface area contributed by atoms with Gasteiger partial charge in [-0.3, -0.25) is 0 Å². The van der Waals surface area contributed by atoms with E-state index in [-0.39, 0.29) is 5.92 Å². The van der Waals surface area contributed by atoms with Crippen molar-refractivity contribution in [3.63, 3.8) is 0 Å². The van der Waals surface area contributed by atoms with Crippen LogP contribution in [0.3, 0.4) is 0 Å². The molecule has 0 fully saturated rings. The molecule has 1 aliphatic carbocycles. The van der Waals surface area contributed by atoms with Crippen molar-refractivity contribution in [3.05, 3.63) is 300 Å². The Morgan fingerprint density at radius 1 is 0.313 bits per heavy atom. The molecule has 1 unspecified atom stereocenters. The van der Waals surface area contributed by atoms with Crippen molar-refractivity contribution in [2.45, 2.75) is 11.3 Å². The second kappa shape index (κ2) is 15.9. The van der Waals surface area contributed by atoms with Gasteiger partial charge in [0.15, 0.2) is 0 Å². The minimum Gasteiger partial charge on any atom is -0.455 e. The molecule has 0 saturated heterocycles. The molecule has 1 heterocycles. The van der Waals surface area contributed by atoms with E-state index in [1.807, 2.05) is 0 Å². The van der Waals surface area contributed by atoms with E-state index in [0.717, 1.165) is 27.3 Å². The number of fused-ring (bicyclic) bond motifs is 8. The Labute approximate surface area is 390 Å². The van der Waals surface area contributed by atoms with E-state index in [1.165, 1.54) is 88.8 Å². The Morgan fingerprint density at radius 2 is 0.836 bits per heavy atom. The minimum absolute atomic E-state index is 0.00504. The Kier molecular flexibility index (Phi) is 9.21. The number of furan rings is 1. The molecule has 0 bridgehead atoms. The van der Waals surface area contributed by atoms with Crippen LogP contribution in [0, 0.1) is 0 Å². The highest BCUT2D eigenvalue weighted by Crippen LogP contribution is 2.56. The monoisotopic (exact) mass is 852 g/mol. The van der Waals surface area contributed by atoms with E-state index in [4.69, 9.17) is 4.42 Å². The van der Waals surface area contributed by atoms with Crippen LogP contribution in [0.1, 0.15) is 44.9 Å². The smallest absolute Gasteiger partial charge is 0.143 e. The van der Waals surface area contributed by atoms with E-state index in [2.05, 4.69) is 261 Å². The average Bonchev–Trinajstić information content (AvgIpc) is 3.94. The van der Waals surface area contributed by atoms with Gasteiger partial charge in [-0.25, -0.2) is 0 Å². The molecule has 1 heteroatoms. The first-order valence-corrected chi connectivity index (χ1v) is 23.3. The second-order valence-corrected chi connectivity index (χ2v) is 17.9. The fraction of sp³-hybridized carbons (Fsp3) is 0.0303. The van der Waals surface area contributed by atoms with Crippen LogP contribution in [-0.4, -0.2) is 0 Å². The Hall–Kier alpha value is -8.52. The van der Waals surface area contributed by atoms with Crippen LogP contribution in [0.4, 0.5) is 0 Å². The topological polar surface area (TPSA) is 13.1 Å². The maximum atomic E-state index is 6.91. The average molecular weight is 853 g/mol. The molecular formula is C66H44O. The van der Waals surface area contributed by atoms with E-state index < -0.39 is 5.41 Å². The van der Waals surface area contributed by atoms with Crippen molar-refractivity contribution < 1.29 is 4.42 Å². The van der Waals surface area contributed by atoms with Crippen LogP contribution >= 0.6 is 0 Å². The number of rotatable bonds is 8. The molecule has 1 atom stereocenters. The SMILES string of the molecule is c1ccc(-c2ccc(C(c3ccccc3)c3cccc4oc5c6ccccc6c(-c6ccc(-c7ccc8c(c7)-c7ccccc7C8(c7ccccc7)c7ccccc7)cc6)cc5c34)cc2)cc1. The standard InChI is InChI=1S/C66H44O/c1-5-18-44(19-6-1)45-34-38-49(39-35-45)63(48-20-7-2-8-21-48)56-29-17-31-62-64(56)59-43-57(53-26-13-14-28-55(53)65(59)67-62)47-36-32-46(33-37-47)50-40-41-61-58(42-50)54-27-15-16-30-60(54)66(61,51-22-9-3-10-23-51)52-24-11-4-12-25-52/h1-43,63H. The van der Waals surface area contributed by atoms with Gasteiger partial charge in [0.1, 0.15) is 11.2 Å². The fourth-order valence-corrected chi connectivity index (χ4v) is 11.3. The summed E-state index contributed by atoms with van der Waals surface area (Å²) in [7, 11) is 0. The summed E-state index contributed by atoms with van der Waals surface area (Å²) < 4.78 is 6.91. The van der Waals surface area contributed by atoms with E-state index in [9.17, 15) is 0 Å². The summed E-state index contributed by atoms with van der Waals surface area (Å²) in [5.41, 5.74) is 20.0. The van der Waals surface area contributed by atoms with Gasteiger partial charge in [0, 0.05) is 22.1 Å². The lowest BCUT2D eigenvalue weighted by atomic mass is 9.67. The fourth-order valence-electron chi connectivity index (χ4n) is 11.3. The van der Waals surface area contributed by atoms with Crippen molar-refractivity contribution in [1.82, 2.24) is 0 Å². The van der Waals surface area contributed by atoms with Gasteiger partial charge in [0.05, 0.1) is 5.41 Å². The van der Waals surface area contributed by atoms with Gasteiger partial charge >= 0.3 is 0 Å². The van der Waals surface area contributed by atoms with Gasteiger partial charge in [-0.2, -0.15) is 0 Å². The third-order valence-corrected chi connectivity index (χ3v) is 14.3. The molecule has 67 heavy (non-hydrogen) atoms. The summed E-state index contributed by atoms with van der Waals surface area (Å²) in [6.07, 6.45) is 0. The molecule has 0 saturated carbocycles. The first kappa shape index (κ1) is 38.9. The molecule has 1 nitrogen and oxygen atoms in total. The summed E-state index contributed by atoms with van der Waals surface area (Å²) in [6, 6.07) is 95.6. The summed E-state index contributed by atoms with van der Waals surface area (Å²) in [5.74, 6) is -0.00504. The van der Waals surface area contributed by atoms with Gasteiger partial charge in [0.25, 0.3) is 0 Å². The van der Waals surface area contributed by atoms with Gasteiger partial charge in [-0.1, -0.05) is 243 Å². The molecule has 0 aliphatic heterocycles. The van der Waals surface area contributed by atoms with Crippen LogP contribution in [-0.2, 0) is 5.41 Å². The highest BCUT2D eigenvalue weighted by molar-refractivity contribution is 6.20. The maximum Gasteiger partial charge on any atom is 0.143 e. The van der Waals surface area contributed by atoms with Crippen molar-refractivity contribution in [2.24, 2.45) is 0 Å². The Balaban J connectivity index is 0.937. The molecular weight excluding hydrogens is 809 g/mol. The van der Waals surface area contributed by atoms with Crippen molar-refractivity contribution in [3.8, 4) is 44.5 Å². The molecule has 11 aromatic carbocycles. The summed E-state index contributed by atoms with van der Waals surface area (Å²) in [6.45, 7) is 0. The third kappa shape index (κ3) is 6.23. The van der Waals surface area contributed by atoms with Gasteiger partial charge in [0.2, 0.25) is 0 Å². The van der Waals surface area contributed by atoms with Gasteiger partial charge in [-0.05, 0) is 107 Å². The Morgan fingerprint density at radius 3 is 1.55 bits per heavy atom. The van der Waals surface area contributed by atoms with E-state index >= 15 is 0 Å². The largest absolute Gasteiger partial charge is 0.455 e. The van der Waals surface area contributed by atoms with E-state index in [0.29, 0.717) is 0 Å². The zero-order valence-electron chi connectivity index (χ0n) is 36.8. The van der Waals surface area contributed by atoms with Crippen LogP contribution in [0.5, 0.6) is 0 Å². The molecule has 0 N–H and O–H groups in total. The van der Waals surface area contributed by atoms with Crippen molar-refractivity contribution in [1.29, 1.82) is 0 Å². The lowest BCUT2D eigenvalue weighted by molar-refractivity contribution is 0.672. The summed E-state index contributed by atoms with van der Waals surface area (Å²) >= 11 is 0. The molecule has 0 spiro atoms. The first-order valence-electron chi connectivity index (χ1n) is 23.3. The Bertz CT molecular complexity index is 3720. The van der Waals surface area contributed by atoms with Crippen molar-refractivity contribution >= 4 is 32.7 Å². The highest BCUT2D eigenvalue weighted by Gasteiger charge is 2.46. The molecule has 0 amide bonds. The summed E-state index contributed by atoms with van der Waals surface area (Å²) in [5, 5.41) is 4.57. The van der Waals surface area contributed by atoms with E-state index in [1.54, 1.807) is 0 Å². The molecule has 1 aromatic heterocycles. The van der Waals surface area contributed by atoms with Crippen LogP contribution < -0.4 is 0 Å². The normalized spacial score (nSPS) is 13.1. The third-order valence-electron chi connectivity index (χ3n) is 14.3. The highest BCUT2D eigenvalue weighted by atomic mass is 16.3. The molecule has 314 valence electrons. The maximum absolute atomic E-state index is 6.91. The molecule has 13 rings (SSSR count). The lowest BCUT2D eigenvalue weighted by Crippen LogP contribution is -2.28. The summed E-state index contributed by atoms with van der Waals surface area (Å²) in [4.78, 5) is 0. The van der Waals surface area contributed by atoms with Crippen molar-refractivity contribution in [2.75, 3.05) is 0 Å². The van der Waals surface area contributed by atoms with Gasteiger partial charge < -0.3 is 4.42 Å². The van der Waals surface area contributed by atoms with Gasteiger partial charge in [-0.15, -0.1) is 0 Å². The number of hydrogen-bond donors (Lipinski definition) is 0. The first-order chi connectivity index (χ1) is 33.2. The zero-order valence-corrected chi connectivity index (χ0v) is 36.8. The van der Waals surface area contributed by atoms with Crippen LogP contribution in [0.2, 0.25) is 0 Å². The molecule has 1 aliphatic rings. The predicted octanol–water partition coefficient (Wildman–Crippen LogP) is 17.3. The lowest BCUT2D eigenvalue weighted by Gasteiger charge is -2.33. The van der Waals surface area contributed by atoms with Crippen LogP contribution in [0.15, 0.2) is 265 Å². The number of hydrogen-bond acceptors (Lipinski definition) is 1. The number of benzene rings is 11. The molecule has 12 aromatic rings. The minimum atomic E-state index is -0.415. The predicted molar refractivity (Wildman–Crippen MR) is 279 cm³/mol. The van der Waals surface area contributed by atoms with Crippen LogP contribution in [0.25, 0.3) is 77.2 Å². The quantitative estimate of drug-likeness (QED) is 0.139. The second-order valence-electron chi connectivity index (χ2n) is 17.9. The zero-order chi connectivity index (χ0) is 44.3.